The molecule has 4 saturated heterocycles. The fourth-order valence-electron chi connectivity index (χ4n) is 5.35. The molecule has 0 spiro atoms. The van der Waals surface area contributed by atoms with Crippen LogP contribution >= 0.6 is 0 Å². The van der Waals surface area contributed by atoms with E-state index in [2.05, 4.69) is 15.6 Å². The lowest BCUT2D eigenvalue weighted by Crippen LogP contribution is -2.70. The minimum Gasteiger partial charge on any atom is -0.444 e. The molecule has 2 N–H and O–H groups in total. The summed E-state index contributed by atoms with van der Waals surface area (Å²) in [6.07, 6.45) is 2.47. The SMILES string of the molecule is CC(C)(C)OC(=O)N1C2CC1CN(CC(=O)Nc1cc3c(cn1)C(=O)N(C1CCC(=O)NC1=O)C3)C2. The van der Waals surface area contributed by atoms with Crippen LogP contribution in [0.2, 0.25) is 0 Å². The van der Waals surface area contributed by atoms with E-state index in [1.54, 1.807) is 11.0 Å². The Bertz CT molecular complexity index is 1130. The van der Waals surface area contributed by atoms with Crippen molar-refractivity contribution in [3.63, 3.8) is 0 Å². The molecule has 6 rings (SSSR count). The van der Waals surface area contributed by atoms with E-state index >= 15 is 0 Å². The van der Waals surface area contributed by atoms with Crippen LogP contribution in [0.25, 0.3) is 0 Å². The van der Waals surface area contributed by atoms with Gasteiger partial charge in [0.15, 0.2) is 0 Å². The zero-order valence-corrected chi connectivity index (χ0v) is 20.6. The molecule has 3 atom stereocenters. The van der Waals surface area contributed by atoms with Crippen LogP contribution in [0.1, 0.15) is 56.0 Å². The number of piperidine rings is 2. The zero-order chi connectivity index (χ0) is 25.8. The number of fused-ring (bicyclic) bond motifs is 3. The van der Waals surface area contributed by atoms with Gasteiger partial charge < -0.3 is 15.0 Å². The number of piperazine rings is 1. The van der Waals surface area contributed by atoms with Gasteiger partial charge in [-0.15, -0.1) is 0 Å². The van der Waals surface area contributed by atoms with Crippen LogP contribution in [0.5, 0.6) is 0 Å². The van der Waals surface area contributed by atoms with E-state index in [1.165, 1.54) is 11.1 Å². The molecule has 0 saturated carbocycles. The highest BCUT2D eigenvalue weighted by molar-refractivity contribution is 6.05. The number of carbonyl (C=O) groups is 5. The molecule has 1 aromatic heterocycles. The van der Waals surface area contributed by atoms with Crippen LogP contribution < -0.4 is 10.6 Å². The highest BCUT2D eigenvalue weighted by atomic mass is 16.6. The van der Waals surface area contributed by atoms with E-state index in [4.69, 9.17) is 4.74 Å². The summed E-state index contributed by atoms with van der Waals surface area (Å²) in [6, 6.07) is 1.02. The number of anilines is 1. The third-order valence-corrected chi connectivity index (χ3v) is 6.92. The maximum atomic E-state index is 12.8. The van der Waals surface area contributed by atoms with Gasteiger partial charge in [0, 0.05) is 32.3 Å². The second-order valence-corrected chi connectivity index (χ2v) is 10.8. The number of nitrogens with zero attached hydrogens (tertiary/aromatic N) is 4. The number of aromatic nitrogens is 1. The Morgan fingerprint density at radius 1 is 1.19 bits per heavy atom. The summed E-state index contributed by atoms with van der Waals surface area (Å²) in [5, 5.41) is 5.06. The maximum Gasteiger partial charge on any atom is 0.410 e. The quantitative estimate of drug-likeness (QED) is 0.571. The first-order chi connectivity index (χ1) is 17.0. The van der Waals surface area contributed by atoms with Crippen molar-refractivity contribution in [3.05, 3.63) is 23.4 Å². The number of imide groups is 1. The van der Waals surface area contributed by atoms with Crippen LogP contribution in [0.15, 0.2) is 12.3 Å². The van der Waals surface area contributed by atoms with Gasteiger partial charge in [0.1, 0.15) is 17.5 Å². The topological polar surface area (TPSA) is 141 Å². The third-order valence-electron chi connectivity index (χ3n) is 6.92. The van der Waals surface area contributed by atoms with E-state index in [0.29, 0.717) is 30.0 Å². The minimum absolute atomic E-state index is 0.0359. The lowest BCUT2D eigenvalue weighted by atomic mass is 9.88. The van der Waals surface area contributed by atoms with E-state index < -0.39 is 17.6 Å². The standard InChI is InChI=1S/C24H30N6O6/c1-24(2,3)36-23(35)30-14-7-15(30)11-28(10-14)12-20(32)26-18-6-13-9-29(22(34)16(13)8-25-18)17-4-5-19(31)27-21(17)33/h6,8,14-15,17H,4-5,7,9-12H2,1-3H3,(H,25,26,32)(H,27,31,33). The second-order valence-electron chi connectivity index (χ2n) is 10.8. The third kappa shape index (κ3) is 4.64. The molecule has 36 heavy (non-hydrogen) atoms. The van der Waals surface area contributed by atoms with Crippen molar-refractivity contribution in [3.8, 4) is 0 Å². The van der Waals surface area contributed by atoms with E-state index in [9.17, 15) is 24.0 Å². The number of amides is 5. The monoisotopic (exact) mass is 498 g/mol. The Hall–Kier alpha value is -3.54. The van der Waals surface area contributed by atoms with Crippen molar-refractivity contribution >= 4 is 35.5 Å². The summed E-state index contributed by atoms with van der Waals surface area (Å²) in [7, 11) is 0. The van der Waals surface area contributed by atoms with Crippen molar-refractivity contribution in [1.29, 1.82) is 0 Å². The Morgan fingerprint density at radius 2 is 1.92 bits per heavy atom. The summed E-state index contributed by atoms with van der Waals surface area (Å²) in [5.41, 5.74) is 0.505. The molecule has 1 aromatic rings. The Labute approximate surface area is 208 Å². The molecule has 5 aliphatic heterocycles. The minimum atomic E-state index is -0.702. The molecule has 12 heteroatoms. The van der Waals surface area contributed by atoms with Crippen molar-refractivity contribution < 1.29 is 28.7 Å². The molecule has 6 heterocycles. The Balaban J connectivity index is 1.15. The zero-order valence-electron chi connectivity index (χ0n) is 20.6. The van der Waals surface area contributed by atoms with Crippen molar-refractivity contribution in [2.75, 3.05) is 25.0 Å². The highest BCUT2D eigenvalue weighted by Crippen LogP contribution is 2.34. The molecule has 12 nitrogen and oxygen atoms in total. The molecule has 0 aliphatic carbocycles. The fourth-order valence-corrected chi connectivity index (χ4v) is 5.35. The normalized spacial score (nSPS) is 25.8. The van der Waals surface area contributed by atoms with Crippen LogP contribution in [-0.2, 0) is 25.7 Å². The molecular formula is C24H30N6O6. The molecule has 5 aliphatic rings. The first-order valence-corrected chi connectivity index (χ1v) is 12.2. The van der Waals surface area contributed by atoms with E-state index in [1.807, 2.05) is 25.7 Å². The molecule has 4 fully saturated rings. The summed E-state index contributed by atoms with van der Waals surface area (Å²) in [4.78, 5) is 71.0. The Morgan fingerprint density at radius 3 is 2.58 bits per heavy atom. The predicted molar refractivity (Wildman–Crippen MR) is 126 cm³/mol. The maximum absolute atomic E-state index is 12.8. The summed E-state index contributed by atoms with van der Waals surface area (Å²) < 4.78 is 5.49. The van der Waals surface area contributed by atoms with Crippen molar-refractivity contribution in [2.24, 2.45) is 0 Å². The first-order valence-electron chi connectivity index (χ1n) is 12.2. The highest BCUT2D eigenvalue weighted by Gasteiger charge is 2.49. The number of hydrogen-bond acceptors (Lipinski definition) is 8. The fraction of sp³-hybridized carbons (Fsp3) is 0.583. The number of carbonyl (C=O) groups excluding carboxylic acids is 5. The van der Waals surface area contributed by atoms with Crippen LogP contribution in [-0.4, -0.2) is 92.8 Å². The average molecular weight is 499 g/mol. The Kier molecular flexibility index (Phi) is 5.93. The van der Waals surface area contributed by atoms with E-state index in [0.717, 1.165) is 6.42 Å². The summed E-state index contributed by atoms with van der Waals surface area (Å²) in [5.74, 6) is -1.03. The number of hydrogen-bond donors (Lipinski definition) is 2. The van der Waals surface area contributed by atoms with Gasteiger partial charge in [0.25, 0.3) is 5.91 Å². The predicted octanol–water partition coefficient (Wildman–Crippen LogP) is 0.475. The molecule has 3 unspecified atom stereocenters. The van der Waals surface area contributed by atoms with Gasteiger partial charge >= 0.3 is 6.09 Å². The van der Waals surface area contributed by atoms with Gasteiger partial charge in [-0.3, -0.25) is 34.3 Å². The summed E-state index contributed by atoms with van der Waals surface area (Å²) in [6.45, 7) is 7.08. The largest absolute Gasteiger partial charge is 0.444 e. The number of ether oxygens (including phenoxy) is 1. The molecule has 0 radical (unpaired) electrons. The lowest BCUT2D eigenvalue weighted by molar-refractivity contribution is -0.137. The van der Waals surface area contributed by atoms with Crippen LogP contribution in [0.4, 0.5) is 10.6 Å². The number of nitrogens with one attached hydrogen (secondary N) is 2. The van der Waals surface area contributed by atoms with Crippen LogP contribution in [0, 0.1) is 0 Å². The number of rotatable bonds is 4. The van der Waals surface area contributed by atoms with Gasteiger partial charge in [-0.05, 0) is 45.2 Å². The van der Waals surface area contributed by atoms with Crippen molar-refractivity contribution in [2.45, 2.75) is 70.3 Å². The van der Waals surface area contributed by atoms with Crippen LogP contribution in [0.3, 0.4) is 0 Å². The molecular weight excluding hydrogens is 468 g/mol. The van der Waals surface area contributed by atoms with Gasteiger partial charge in [-0.25, -0.2) is 9.78 Å². The molecule has 2 bridgehead atoms. The first kappa shape index (κ1) is 24.2. The van der Waals surface area contributed by atoms with Crippen molar-refractivity contribution in [1.82, 2.24) is 25.0 Å². The number of pyridine rings is 1. The summed E-state index contributed by atoms with van der Waals surface area (Å²) >= 11 is 0. The van der Waals surface area contributed by atoms with Gasteiger partial charge in [0.2, 0.25) is 17.7 Å². The lowest BCUT2D eigenvalue weighted by Gasteiger charge is -2.55. The van der Waals surface area contributed by atoms with E-state index in [-0.39, 0.29) is 61.8 Å². The smallest absolute Gasteiger partial charge is 0.410 e. The molecule has 5 amide bonds. The van der Waals surface area contributed by atoms with Gasteiger partial charge in [0.05, 0.1) is 24.2 Å². The average Bonchev–Trinajstić information content (AvgIpc) is 3.07. The van der Waals surface area contributed by atoms with Gasteiger partial charge in [-0.2, -0.15) is 0 Å². The second kappa shape index (κ2) is 8.84. The molecule has 192 valence electrons. The van der Waals surface area contributed by atoms with Gasteiger partial charge in [-0.1, -0.05) is 0 Å². The molecule has 0 aromatic carbocycles.